The van der Waals surface area contributed by atoms with E-state index in [0.29, 0.717) is 11.4 Å². The van der Waals surface area contributed by atoms with Gasteiger partial charge in [-0.05, 0) is 50.5 Å². The first-order chi connectivity index (χ1) is 11.1. The van der Waals surface area contributed by atoms with Crippen LogP contribution in [0.1, 0.15) is 10.5 Å². The van der Waals surface area contributed by atoms with Crippen molar-refractivity contribution in [3.63, 3.8) is 0 Å². The second-order valence-electron chi connectivity index (χ2n) is 5.34. The lowest BCUT2D eigenvalue weighted by atomic mass is 10.2. The van der Waals surface area contributed by atoms with Gasteiger partial charge in [0.15, 0.2) is 0 Å². The molecule has 1 aromatic carbocycles. The number of amides is 1. The van der Waals surface area contributed by atoms with Gasteiger partial charge in [0, 0.05) is 18.8 Å². The van der Waals surface area contributed by atoms with Gasteiger partial charge in [-0.3, -0.25) is 4.79 Å². The van der Waals surface area contributed by atoms with Crippen molar-refractivity contribution in [2.45, 2.75) is 0 Å². The molecule has 6 heteroatoms. The number of methoxy groups -OCH3 is 1. The highest BCUT2D eigenvalue weighted by Crippen LogP contribution is 2.16. The van der Waals surface area contributed by atoms with Gasteiger partial charge < -0.3 is 20.3 Å². The van der Waals surface area contributed by atoms with Gasteiger partial charge in [-0.2, -0.15) is 0 Å². The van der Waals surface area contributed by atoms with Gasteiger partial charge in [0.2, 0.25) is 0 Å². The Bertz CT molecular complexity index is 624. The van der Waals surface area contributed by atoms with E-state index in [1.165, 1.54) is 0 Å². The van der Waals surface area contributed by atoms with Crippen LogP contribution in [0.2, 0.25) is 0 Å². The van der Waals surface area contributed by atoms with Crippen molar-refractivity contribution in [2.24, 2.45) is 0 Å². The summed E-state index contributed by atoms with van der Waals surface area (Å²) in [5.41, 5.74) is 1.97. The standard InChI is InChI=1S/C17H22N4O2/c1-21(2)11-10-18-14-6-9-16(19-12-14)17(22)20-13-4-7-15(23-3)8-5-13/h4-9,12,18H,10-11H2,1-3H3,(H,20,22). The first-order valence-corrected chi connectivity index (χ1v) is 7.38. The smallest absolute Gasteiger partial charge is 0.274 e. The van der Waals surface area contributed by atoms with E-state index in [9.17, 15) is 4.79 Å². The zero-order valence-corrected chi connectivity index (χ0v) is 13.7. The number of nitrogens with one attached hydrogen (secondary N) is 2. The highest BCUT2D eigenvalue weighted by atomic mass is 16.5. The van der Waals surface area contributed by atoms with Crippen LogP contribution in [0.25, 0.3) is 0 Å². The average Bonchev–Trinajstić information content (AvgIpc) is 2.56. The highest BCUT2D eigenvalue weighted by molar-refractivity contribution is 6.02. The zero-order chi connectivity index (χ0) is 16.7. The Balaban J connectivity index is 1.91. The largest absolute Gasteiger partial charge is 0.497 e. The SMILES string of the molecule is COc1ccc(NC(=O)c2ccc(NCCN(C)C)cn2)cc1. The molecule has 0 radical (unpaired) electrons. The summed E-state index contributed by atoms with van der Waals surface area (Å²) in [5, 5.41) is 6.06. The van der Waals surface area contributed by atoms with Gasteiger partial charge in [-0.15, -0.1) is 0 Å². The van der Waals surface area contributed by atoms with E-state index in [-0.39, 0.29) is 5.91 Å². The van der Waals surface area contributed by atoms with Crippen molar-refractivity contribution in [3.05, 3.63) is 48.3 Å². The third-order valence-electron chi connectivity index (χ3n) is 3.23. The van der Waals surface area contributed by atoms with Crippen molar-refractivity contribution in [2.75, 3.05) is 44.9 Å². The molecule has 0 aliphatic heterocycles. The second-order valence-corrected chi connectivity index (χ2v) is 5.34. The summed E-state index contributed by atoms with van der Waals surface area (Å²) < 4.78 is 5.08. The van der Waals surface area contributed by atoms with Crippen LogP contribution in [0.4, 0.5) is 11.4 Å². The number of nitrogens with zero attached hydrogens (tertiary/aromatic N) is 2. The lowest BCUT2D eigenvalue weighted by Gasteiger charge is -2.11. The lowest BCUT2D eigenvalue weighted by Crippen LogP contribution is -2.21. The summed E-state index contributed by atoms with van der Waals surface area (Å²) in [6, 6.07) is 10.7. The summed E-state index contributed by atoms with van der Waals surface area (Å²) in [7, 11) is 5.64. The van der Waals surface area contributed by atoms with Gasteiger partial charge in [0.1, 0.15) is 11.4 Å². The quantitative estimate of drug-likeness (QED) is 0.821. The number of carbonyl (C=O) groups is 1. The normalized spacial score (nSPS) is 10.4. The number of rotatable bonds is 7. The Morgan fingerprint density at radius 2 is 1.83 bits per heavy atom. The molecule has 122 valence electrons. The minimum atomic E-state index is -0.241. The maximum Gasteiger partial charge on any atom is 0.274 e. The fourth-order valence-electron chi connectivity index (χ4n) is 1.93. The maximum atomic E-state index is 12.2. The summed E-state index contributed by atoms with van der Waals surface area (Å²) >= 11 is 0. The molecule has 0 atom stereocenters. The van der Waals surface area contributed by atoms with Crippen LogP contribution in [-0.4, -0.2) is 50.1 Å². The number of benzene rings is 1. The first-order valence-electron chi connectivity index (χ1n) is 7.38. The third kappa shape index (κ3) is 5.27. The van der Waals surface area contributed by atoms with Crippen molar-refractivity contribution in [1.29, 1.82) is 0 Å². The van der Waals surface area contributed by atoms with E-state index >= 15 is 0 Å². The summed E-state index contributed by atoms with van der Waals surface area (Å²) in [6.45, 7) is 1.76. The molecular formula is C17H22N4O2. The maximum absolute atomic E-state index is 12.2. The van der Waals surface area contributed by atoms with Gasteiger partial charge in [0.05, 0.1) is 19.0 Å². The number of hydrogen-bond acceptors (Lipinski definition) is 5. The van der Waals surface area contributed by atoms with Gasteiger partial charge in [-0.25, -0.2) is 4.98 Å². The molecule has 1 heterocycles. The number of likely N-dealkylation sites (N-methyl/N-ethyl adjacent to an activating group) is 1. The molecule has 0 bridgehead atoms. The summed E-state index contributed by atoms with van der Waals surface area (Å²) in [6.07, 6.45) is 1.67. The molecule has 6 nitrogen and oxygen atoms in total. The predicted molar refractivity (Wildman–Crippen MR) is 92.2 cm³/mol. The fourth-order valence-corrected chi connectivity index (χ4v) is 1.93. The molecule has 0 spiro atoms. The van der Waals surface area contributed by atoms with Crippen molar-refractivity contribution >= 4 is 17.3 Å². The van der Waals surface area contributed by atoms with E-state index in [4.69, 9.17) is 4.74 Å². The van der Waals surface area contributed by atoms with Crippen LogP contribution in [-0.2, 0) is 0 Å². The Morgan fingerprint density at radius 3 is 2.39 bits per heavy atom. The summed E-state index contributed by atoms with van der Waals surface area (Å²) in [5.74, 6) is 0.504. The molecule has 0 aliphatic carbocycles. The monoisotopic (exact) mass is 314 g/mol. The minimum absolute atomic E-state index is 0.241. The molecule has 2 N–H and O–H groups in total. The lowest BCUT2D eigenvalue weighted by molar-refractivity contribution is 0.102. The third-order valence-corrected chi connectivity index (χ3v) is 3.23. The number of aromatic nitrogens is 1. The van der Waals surface area contributed by atoms with Crippen LogP contribution >= 0.6 is 0 Å². The molecule has 0 saturated carbocycles. The highest BCUT2D eigenvalue weighted by Gasteiger charge is 2.07. The van der Waals surface area contributed by atoms with E-state index < -0.39 is 0 Å². The average molecular weight is 314 g/mol. The molecule has 23 heavy (non-hydrogen) atoms. The van der Waals surface area contributed by atoms with Crippen molar-refractivity contribution < 1.29 is 9.53 Å². The molecule has 0 unspecified atom stereocenters. The minimum Gasteiger partial charge on any atom is -0.497 e. The Kier molecular flexibility index (Phi) is 5.94. The Morgan fingerprint density at radius 1 is 1.13 bits per heavy atom. The predicted octanol–water partition coefficient (Wildman–Crippen LogP) is 2.32. The molecule has 2 rings (SSSR count). The molecule has 0 saturated heterocycles. The van der Waals surface area contributed by atoms with E-state index in [1.807, 2.05) is 20.2 Å². The fraction of sp³-hybridized carbons (Fsp3) is 0.294. The molecule has 1 aromatic heterocycles. The number of ether oxygens (including phenoxy) is 1. The van der Waals surface area contributed by atoms with Gasteiger partial charge in [-0.1, -0.05) is 0 Å². The first kappa shape index (κ1) is 16.8. The Labute approximate surface area is 136 Å². The van der Waals surface area contributed by atoms with Crippen molar-refractivity contribution in [1.82, 2.24) is 9.88 Å². The van der Waals surface area contributed by atoms with Gasteiger partial charge >= 0.3 is 0 Å². The number of carbonyl (C=O) groups excluding carboxylic acids is 1. The number of pyridine rings is 1. The molecule has 2 aromatic rings. The van der Waals surface area contributed by atoms with Crippen LogP contribution < -0.4 is 15.4 Å². The van der Waals surface area contributed by atoms with Gasteiger partial charge in [0.25, 0.3) is 5.91 Å². The van der Waals surface area contributed by atoms with Crippen molar-refractivity contribution in [3.8, 4) is 5.75 Å². The van der Waals surface area contributed by atoms with Crippen LogP contribution in [0, 0.1) is 0 Å². The molecule has 0 aliphatic rings. The summed E-state index contributed by atoms with van der Waals surface area (Å²) in [4.78, 5) is 18.4. The zero-order valence-electron chi connectivity index (χ0n) is 13.7. The molecular weight excluding hydrogens is 292 g/mol. The van der Waals surface area contributed by atoms with E-state index in [0.717, 1.165) is 24.5 Å². The van der Waals surface area contributed by atoms with E-state index in [2.05, 4.69) is 20.5 Å². The second kappa shape index (κ2) is 8.14. The van der Waals surface area contributed by atoms with Crippen LogP contribution in [0.5, 0.6) is 5.75 Å². The Hall–Kier alpha value is -2.60. The number of anilines is 2. The van der Waals surface area contributed by atoms with Crippen LogP contribution in [0.3, 0.4) is 0 Å². The van der Waals surface area contributed by atoms with E-state index in [1.54, 1.807) is 43.6 Å². The van der Waals surface area contributed by atoms with Crippen LogP contribution in [0.15, 0.2) is 42.6 Å². The topological polar surface area (TPSA) is 66.5 Å². The number of hydrogen-bond donors (Lipinski definition) is 2. The molecule has 1 amide bonds. The molecule has 0 fully saturated rings.